The molecule has 0 atom stereocenters. The van der Waals surface area contributed by atoms with Gasteiger partial charge in [-0.2, -0.15) is 0 Å². The number of benzene rings is 2. The van der Waals surface area contributed by atoms with Crippen molar-refractivity contribution in [2.75, 3.05) is 11.1 Å². The Morgan fingerprint density at radius 3 is 2.37 bits per heavy atom. The molecule has 0 unspecified atom stereocenters. The van der Waals surface area contributed by atoms with E-state index < -0.39 is 23.2 Å². The summed E-state index contributed by atoms with van der Waals surface area (Å²) in [7, 11) is 0. The molecule has 2 rings (SSSR count). The molecule has 0 fully saturated rings. The second-order valence-corrected chi connectivity index (χ2v) is 3.86. The number of carbonyl (C=O) groups excluding carboxylic acids is 1. The van der Waals surface area contributed by atoms with Crippen molar-refractivity contribution < 1.29 is 19.4 Å². The average Bonchev–Trinajstić information content (AvgIpc) is 2.32. The molecule has 2 aromatic rings. The van der Waals surface area contributed by atoms with Gasteiger partial charge in [-0.15, -0.1) is 0 Å². The van der Waals surface area contributed by atoms with E-state index in [-0.39, 0.29) is 16.9 Å². The van der Waals surface area contributed by atoms with E-state index in [1.165, 1.54) is 30.3 Å². The number of anilines is 2. The van der Waals surface area contributed by atoms with Gasteiger partial charge >= 0.3 is 0 Å². The van der Waals surface area contributed by atoms with Crippen molar-refractivity contribution in [1.82, 2.24) is 0 Å². The molecule has 2 aromatic carbocycles. The van der Waals surface area contributed by atoms with Crippen LogP contribution >= 0.6 is 0 Å². The molecule has 5 nitrogen and oxygen atoms in total. The summed E-state index contributed by atoms with van der Waals surface area (Å²) >= 11 is 0. The Bertz CT molecular complexity index is 624. The van der Waals surface area contributed by atoms with E-state index in [0.717, 1.165) is 6.07 Å². The second kappa shape index (κ2) is 4.85. The first-order chi connectivity index (χ1) is 8.99. The van der Waals surface area contributed by atoms with Crippen LogP contribution < -0.4 is 11.1 Å². The third kappa shape index (κ3) is 2.57. The Morgan fingerprint density at radius 1 is 1.16 bits per heavy atom. The highest BCUT2D eigenvalue weighted by atomic mass is 19.1. The highest BCUT2D eigenvalue weighted by Gasteiger charge is 2.17. The lowest BCUT2D eigenvalue weighted by Gasteiger charge is -2.09. The zero-order valence-corrected chi connectivity index (χ0v) is 9.72. The van der Waals surface area contributed by atoms with Crippen molar-refractivity contribution in [3.63, 3.8) is 0 Å². The molecular formula is C13H11FN2O3. The minimum atomic E-state index is -0.820. The number of aromatic hydroxyl groups is 2. The normalized spacial score (nSPS) is 10.2. The zero-order valence-electron chi connectivity index (χ0n) is 9.72. The van der Waals surface area contributed by atoms with Gasteiger partial charge in [0.2, 0.25) is 0 Å². The van der Waals surface area contributed by atoms with Gasteiger partial charge in [0.05, 0.1) is 5.69 Å². The molecule has 98 valence electrons. The Morgan fingerprint density at radius 2 is 1.79 bits per heavy atom. The largest absolute Gasteiger partial charge is 0.507 e. The fourth-order valence-corrected chi connectivity index (χ4v) is 1.58. The minimum Gasteiger partial charge on any atom is -0.507 e. The van der Waals surface area contributed by atoms with E-state index in [1.807, 2.05) is 0 Å². The van der Waals surface area contributed by atoms with E-state index >= 15 is 0 Å². The first-order valence-electron chi connectivity index (χ1n) is 5.36. The molecule has 0 aliphatic rings. The zero-order chi connectivity index (χ0) is 14.0. The molecule has 0 aliphatic heterocycles. The summed E-state index contributed by atoms with van der Waals surface area (Å²) < 4.78 is 13.5. The molecule has 0 heterocycles. The third-order valence-corrected chi connectivity index (χ3v) is 2.49. The molecule has 0 bridgehead atoms. The Kier molecular flexibility index (Phi) is 3.24. The van der Waals surface area contributed by atoms with Crippen molar-refractivity contribution in [1.29, 1.82) is 0 Å². The summed E-state index contributed by atoms with van der Waals surface area (Å²) in [5.41, 5.74) is 5.19. The summed E-state index contributed by atoms with van der Waals surface area (Å²) in [4.78, 5) is 11.9. The maximum Gasteiger partial charge on any atom is 0.263 e. The van der Waals surface area contributed by atoms with E-state index in [2.05, 4.69) is 5.32 Å². The fourth-order valence-electron chi connectivity index (χ4n) is 1.58. The molecule has 5 N–H and O–H groups in total. The van der Waals surface area contributed by atoms with Crippen molar-refractivity contribution in [2.24, 2.45) is 0 Å². The predicted octanol–water partition coefficient (Wildman–Crippen LogP) is 2.07. The number of nitrogens with one attached hydrogen (secondary N) is 1. The predicted molar refractivity (Wildman–Crippen MR) is 68.5 cm³/mol. The van der Waals surface area contributed by atoms with Gasteiger partial charge in [-0.25, -0.2) is 4.39 Å². The lowest BCUT2D eigenvalue weighted by molar-refractivity contribution is 0.102. The second-order valence-electron chi connectivity index (χ2n) is 3.86. The van der Waals surface area contributed by atoms with Crippen LogP contribution in [0.3, 0.4) is 0 Å². The SMILES string of the molecule is Nc1ccc(NC(=O)c2c(O)cccc2O)c(F)c1. The highest BCUT2D eigenvalue weighted by molar-refractivity contribution is 6.08. The Labute approximate surface area is 108 Å². The van der Waals surface area contributed by atoms with Crippen LogP contribution in [0.15, 0.2) is 36.4 Å². The smallest absolute Gasteiger partial charge is 0.263 e. The maximum atomic E-state index is 13.5. The van der Waals surface area contributed by atoms with Crippen LogP contribution in [0.4, 0.5) is 15.8 Å². The first kappa shape index (κ1) is 12.7. The maximum absolute atomic E-state index is 13.5. The number of hydrogen-bond donors (Lipinski definition) is 4. The molecular weight excluding hydrogens is 251 g/mol. The van der Waals surface area contributed by atoms with Crippen molar-refractivity contribution >= 4 is 17.3 Å². The number of halogens is 1. The number of nitrogen functional groups attached to an aromatic ring is 1. The third-order valence-electron chi connectivity index (χ3n) is 2.49. The molecule has 0 saturated heterocycles. The van der Waals surface area contributed by atoms with Gasteiger partial charge in [-0.1, -0.05) is 6.07 Å². The van der Waals surface area contributed by atoms with Crippen LogP contribution in [0.2, 0.25) is 0 Å². The number of phenols is 2. The number of phenolic OH excluding ortho intramolecular Hbond substituents is 2. The summed E-state index contributed by atoms with van der Waals surface area (Å²) in [6, 6.07) is 7.64. The number of rotatable bonds is 2. The molecule has 0 spiro atoms. The van der Waals surface area contributed by atoms with Gasteiger partial charge in [0.15, 0.2) is 0 Å². The molecule has 19 heavy (non-hydrogen) atoms. The molecule has 0 radical (unpaired) electrons. The van der Waals surface area contributed by atoms with E-state index in [9.17, 15) is 19.4 Å². The van der Waals surface area contributed by atoms with Crippen LogP contribution in [0.1, 0.15) is 10.4 Å². The molecule has 1 amide bonds. The summed E-state index contributed by atoms with van der Waals surface area (Å²) in [6.45, 7) is 0. The Hall–Kier alpha value is -2.76. The van der Waals surface area contributed by atoms with E-state index in [0.29, 0.717) is 0 Å². The van der Waals surface area contributed by atoms with Crippen LogP contribution in [-0.2, 0) is 0 Å². The Balaban J connectivity index is 2.31. The molecule has 0 aromatic heterocycles. The van der Waals surface area contributed by atoms with Crippen LogP contribution in [-0.4, -0.2) is 16.1 Å². The van der Waals surface area contributed by atoms with Crippen molar-refractivity contribution in [2.45, 2.75) is 0 Å². The quantitative estimate of drug-likeness (QED) is 0.623. The lowest BCUT2D eigenvalue weighted by atomic mass is 10.1. The van der Waals surface area contributed by atoms with Crippen LogP contribution in [0, 0.1) is 5.82 Å². The van der Waals surface area contributed by atoms with Gasteiger partial charge < -0.3 is 21.3 Å². The van der Waals surface area contributed by atoms with Gasteiger partial charge in [-0.05, 0) is 30.3 Å². The topological polar surface area (TPSA) is 95.6 Å². The van der Waals surface area contributed by atoms with E-state index in [1.54, 1.807) is 0 Å². The first-order valence-corrected chi connectivity index (χ1v) is 5.36. The number of amides is 1. The van der Waals surface area contributed by atoms with Crippen molar-refractivity contribution in [3.05, 3.63) is 47.8 Å². The minimum absolute atomic E-state index is 0.0955. The molecule has 6 heteroatoms. The monoisotopic (exact) mass is 262 g/mol. The molecule has 0 saturated carbocycles. The van der Waals surface area contributed by atoms with Gasteiger partial charge in [0.25, 0.3) is 5.91 Å². The number of carbonyl (C=O) groups is 1. The van der Waals surface area contributed by atoms with Crippen LogP contribution in [0.25, 0.3) is 0 Å². The van der Waals surface area contributed by atoms with Crippen molar-refractivity contribution in [3.8, 4) is 11.5 Å². The van der Waals surface area contributed by atoms with Gasteiger partial charge in [0.1, 0.15) is 22.9 Å². The highest BCUT2D eigenvalue weighted by Crippen LogP contribution is 2.27. The van der Waals surface area contributed by atoms with Crippen LogP contribution in [0.5, 0.6) is 11.5 Å². The van der Waals surface area contributed by atoms with Gasteiger partial charge in [0, 0.05) is 5.69 Å². The standard InChI is InChI=1S/C13H11FN2O3/c14-8-6-7(15)4-5-9(8)16-13(19)12-10(17)2-1-3-11(12)18/h1-6,17-18H,15H2,(H,16,19). The summed E-state index contributed by atoms with van der Waals surface area (Å²) in [5.74, 6) is -2.32. The fraction of sp³-hybridized carbons (Fsp3) is 0. The van der Waals surface area contributed by atoms with Gasteiger partial charge in [-0.3, -0.25) is 4.79 Å². The lowest BCUT2D eigenvalue weighted by Crippen LogP contribution is -2.13. The van der Waals surface area contributed by atoms with E-state index in [4.69, 9.17) is 5.73 Å². The number of nitrogens with two attached hydrogens (primary N) is 1. The summed E-state index contributed by atoms with van der Waals surface area (Å²) in [5, 5.41) is 21.3. The average molecular weight is 262 g/mol. The molecule has 0 aliphatic carbocycles. The number of hydrogen-bond acceptors (Lipinski definition) is 4. The summed E-state index contributed by atoms with van der Waals surface area (Å²) in [6.07, 6.45) is 0.